The third kappa shape index (κ3) is 4.11. The number of piperazine rings is 1. The molecule has 1 saturated heterocycles. The van der Waals surface area contributed by atoms with Gasteiger partial charge in [-0.3, -0.25) is 4.90 Å². The molecule has 0 aromatic heterocycles. The Kier molecular flexibility index (Phi) is 7.16. The normalized spacial score (nSPS) is 20.8. The lowest BCUT2D eigenvalue weighted by molar-refractivity contribution is -0.00000810. The molecule has 0 atom stereocenters. The van der Waals surface area contributed by atoms with Gasteiger partial charge in [0.1, 0.15) is 0 Å². The number of sulfonamides is 1. The van der Waals surface area contributed by atoms with Crippen molar-refractivity contribution >= 4 is 10.0 Å². The van der Waals surface area contributed by atoms with E-state index in [4.69, 9.17) is 0 Å². The van der Waals surface area contributed by atoms with Crippen molar-refractivity contribution in [3.8, 4) is 0 Å². The molecule has 6 heteroatoms. The summed E-state index contributed by atoms with van der Waals surface area (Å²) in [6, 6.07) is 2.76. The summed E-state index contributed by atoms with van der Waals surface area (Å²) in [7, 11) is -3.42. The molecule has 26 heavy (non-hydrogen) atoms. The van der Waals surface area contributed by atoms with Crippen molar-refractivity contribution in [2.45, 2.75) is 70.7 Å². The van der Waals surface area contributed by atoms with E-state index in [9.17, 15) is 8.42 Å². The van der Waals surface area contributed by atoms with Crippen LogP contribution < -0.4 is 12.4 Å². The van der Waals surface area contributed by atoms with Gasteiger partial charge in [-0.25, -0.2) is 8.42 Å². The van der Waals surface area contributed by atoms with Gasteiger partial charge in [-0.1, -0.05) is 25.3 Å². The van der Waals surface area contributed by atoms with E-state index in [0.717, 1.165) is 35.3 Å². The summed E-state index contributed by atoms with van der Waals surface area (Å²) in [4.78, 5) is 3.06. The van der Waals surface area contributed by atoms with E-state index in [1.54, 1.807) is 4.31 Å². The number of aryl methyl sites for hydroxylation is 2. The predicted octanol–water partition coefficient (Wildman–Crippen LogP) is 0.563. The SMILES string of the molecule is Cc1cc(C)c(C)c(S(=O)(=O)N2CCN(C3CCCCC3)CC2)c1C.[Cl-]. The number of nitrogens with zero attached hydrogens (tertiary/aromatic N) is 2. The molecule has 1 aliphatic carbocycles. The molecular formula is C20H32ClN2O2S-. The van der Waals surface area contributed by atoms with Crippen molar-refractivity contribution in [1.82, 2.24) is 9.21 Å². The Bertz CT molecular complexity index is 708. The predicted molar refractivity (Wildman–Crippen MR) is 103 cm³/mol. The van der Waals surface area contributed by atoms with E-state index in [1.807, 2.05) is 27.7 Å². The fraction of sp³-hybridized carbons (Fsp3) is 0.700. The molecule has 0 spiro atoms. The van der Waals surface area contributed by atoms with Crippen LogP contribution in [0.4, 0.5) is 0 Å². The average molecular weight is 400 g/mol. The molecule has 0 amide bonds. The van der Waals surface area contributed by atoms with Gasteiger partial charge in [-0.05, 0) is 62.8 Å². The zero-order valence-electron chi connectivity index (χ0n) is 16.5. The summed E-state index contributed by atoms with van der Waals surface area (Å²) in [5.74, 6) is 0. The van der Waals surface area contributed by atoms with E-state index in [2.05, 4.69) is 11.0 Å². The molecule has 0 bridgehead atoms. The first-order valence-corrected chi connectivity index (χ1v) is 11.1. The van der Waals surface area contributed by atoms with Crippen LogP contribution in [0.5, 0.6) is 0 Å². The topological polar surface area (TPSA) is 40.6 Å². The Morgan fingerprint density at radius 3 is 1.85 bits per heavy atom. The van der Waals surface area contributed by atoms with E-state index in [0.29, 0.717) is 24.0 Å². The Morgan fingerprint density at radius 2 is 1.35 bits per heavy atom. The Morgan fingerprint density at radius 1 is 0.846 bits per heavy atom. The van der Waals surface area contributed by atoms with Crippen LogP contribution in [0, 0.1) is 27.7 Å². The van der Waals surface area contributed by atoms with E-state index in [-0.39, 0.29) is 12.4 Å². The summed E-state index contributed by atoms with van der Waals surface area (Å²) in [5, 5.41) is 0. The summed E-state index contributed by atoms with van der Waals surface area (Å²) in [6.07, 6.45) is 6.56. The molecule has 148 valence electrons. The number of benzene rings is 1. The second kappa shape index (κ2) is 8.59. The van der Waals surface area contributed by atoms with Gasteiger partial charge >= 0.3 is 0 Å². The first kappa shape index (κ1) is 21.7. The summed E-state index contributed by atoms with van der Waals surface area (Å²) in [5.41, 5.74) is 3.92. The van der Waals surface area contributed by atoms with Crippen LogP contribution in [0.25, 0.3) is 0 Å². The van der Waals surface area contributed by atoms with Crippen molar-refractivity contribution in [2.24, 2.45) is 0 Å². The second-order valence-corrected chi connectivity index (χ2v) is 9.70. The van der Waals surface area contributed by atoms with Crippen LogP contribution in [0.2, 0.25) is 0 Å². The first-order chi connectivity index (χ1) is 11.8. The van der Waals surface area contributed by atoms with E-state index >= 15 is 0 Å². The average Bonchev–Trinajstić information content (AvgIpc) is 2.61. The zero-order valence-corrected chi connectivity index (χ0v) is 18.1. The maximum Gasteiger partial charge on any atom is 0.243 e. The van der Waals surface area contributed by atoms with Crippen molar-refractivity contribution in [3.05, 3.63) is 28.3 Å². The van der Waals surface area contributed by atoms with Crippen LogP contribution in [0.3, 0.4) is 0 Å². The van der Waals surface area contributed by atoms with Crippen molar-refractivity contribution in [2.75, 3.05) is 26.2 Å². The summed E-state index contributed by atoms with van der Waals surface area (Å²) >= 11 is 0. The van der Waals surface area contributed by atoms with Gasteiger partial charge in [-0.2, -0.15) is 4.31 Å². The van der Waals surface area contributed by atoms with Gasteiger partial charge in [0.15, 0.2) is 0 Å². The van der Waals surface area contributed by atoms with Gasteiger partial charge < -0.3 is 12.4 Å². The largest absolute Gasteiger partial charge is 1.00 e. The molecule has 0 unspecified atom stereocenters. The molecule has 4 nitrogen and oxygen atoms in total. The standard InChI is InChI=1S/C20H32N2O2S.ClH/c1-15-14-16(2)18(4)20(17(15)3)25(23,24)22-12-10-21(11-13-22)19-8-6-5-7-9-19;/h14,19H,5-13H2,1-4H3;1H/p-1. The van der Waals surface area contributed by atoms with E-state index in [1.165, 1.54) is 32.1 Å². The highest BCUT2D eigenvalue weighted by molar-refractivity contribution is 7.89. The molecule has 3 rings (SSSR count). The molecule has 1 aromatic carbocycles. The molecular weight excluding hydrogens is 368 g/mol. The molecule has 1 heterocycles. The number of hydrogen-bond donors (Lipinski definition) is 0. The quantitative estimate of drug-likeness (QED) is 0.745. The highest BCUT2D eigenvalue weighted by Crippen LogP contribution is 2.30. The minimum Gasteiger partial charge on any atom is -1.00 e. The fourth-order valence-electron chi connectivity index (χ4n) is 4.45. The number of hydrogen-bond acceptors (Lipinski definition) is 3. The molecule has 0 radical (unpaired) electrons. The summed E-state index contributed by atoms with van der Waals surface area (Å²) < 4.78 is 28.4. The summed E-state index contributed by atoms with van der Waals surface area (Å²) in [6.45, 7) is 10.8. The van der Waals surface area contributed by atoms with Crippen LogP contribution in [-0.4, -0.2) is 49.8 Å². The minimum absolute atomic E-state index is 0. The Hall–Kier alpha value is -0.620. The van der Waals surface area contributed by atoms with Gasteiger partial charge in [0.2, 0.25) is 10.0 Å². The third-order valence-electron chi connectivity index (χ3n) is 6.26. The third-order valence-corrected chi connectivity index (χ3v) is 8.43. The zero-order chi connectivity index (χ0) is 18.2. The van der Waals surface area contributed by atoms with Gasteiger partial charge in [0.05, 0.1) is 4.90 Å². The maximum absolute atomic E-state index is 13.3. The second-order valence-electron chi connectivity index (χ2n) is 7.82. The van der Waals surface area contributed by atoms with Gasteiger partial charge in [0.25, 0.3) is 0 Å². The monoisotopic (exact) mass is 399 g/mol. The molecule has 2 fully saturated rings. The van der Waals surface area contributed by atoms with Crippen molar-refractivity contribution < 1.29 is 20.8 Å². The highest BCUT2D eigenvalue weighted by atomic mass is 35.5. The molecule has 1 aliphatic heterocycles. The van der Waals surface area contributed by atoms with Crippen molar-refractivity contribution in [3.63, 3.8) is 0 Å². The molecule has 1 aromatic rings. The molecule has 2 aliphatic rings. The lowest BCUT2D eigenvalue weighted by atomic mass is 9.94. The number of rotatable bonds is 3. The minimum atomic E-state index is -3.42. The van der Waals surface area contributed by atoms with Crippen molar-refractivity contribution in [1.29, 1.82) is 0 Å². The lowest BCUT2D eigenvalue weighted by Crippen LogP contribution is -3.00. The highest BCUT2D eigenvalue weighted by Gasteiger charge is 2.33. The van der Waals surface area contributed by atoms with Crippen LogP contribution in [-0.2, 0) is 10.0 Å². The van der Waals surface area contributed by atoms with E-state index < -0.39 is 10.0 Å². The Labute approximate surface area is 165 Å². The lowest BCUT2D eigenvalue weighted by Gasteiger charge is -2.40. The van der Waals surface area contributed by atoms with Crippen LogP contribution in [0.1, 0.15) is 54.4 Å². The Balaban J connectivity index is 0.00000243. The smallest absolute Gasteiger partial charge is 0.243 e. The molecule has 0 N–H and O–H groups in total. The van der Waals surface area contributed by atoms with Gasteiger partial charge in [0, 0.05) is 32.2 Å². The number of halogens is 1. The van der Waals surface area contributed by atoms with Crippen LogP contribution in [0.15, 0.2) is 11.0 Å². The fourth-order valence-corrected chi connectivity index (χ4v) is 6.45. The molecule has 1 saturated carbocycles. The van der Waals surface area contributed by atoms with Gasteiger partial charge in [-0.15, -0.1) is 0 Å². The van der Waals surface area contributed by atoms with Crippen LogP contribution >= 0.6 is 0 Å². The first-order valence-electron chi connectivity index (χ1n) is 9.64. The maximum atomic E-state index is 13.3.